The highest BCUT2D eigenvalue weighted by Crippen LogP contribution is 2.19. The van der Waals surface area contributed by atoms with Crippen molar-refractivity contribution in [3.63, 3.8) is 0 Å². The van der Waals surface area contributed by atoms with Gasteiger partial charge >= 0.3 is 0 Å². The predicted molar refractivity (Wildman–Crippen MR) is 59.1 cm³/mol. The summed E-state index contributed by atoms with van der Waals surface area (Å²) in [5.74, 6) is 0.695. The Morgan fingerprint density at radius 1 is 1.58 bits per heavy atom. The van der Waals surface area contributed by atoms with Gasteiger partial charge in [-0.2, -0.15) is 5.10 Å². The predicted octanol–water partition coefficient (Wildman–Crippen LogP) is 3.09. The fourth-order valence-corrected chi connectivity index (χ4v) is 1.55. The van der Waals surface area contributed by atoms with Crippen LogP contribution in [0.4, 0.5) is 0 Å². The molecule has 0 aliphatic heterocycles. The number of hydrogen-bond acceptors (Lipinski definition) is 1. The van der Waals surface area contributed by atoms with Gasteiger partial charge in [-0.3, -0.25) is 4.68 Å². The molecule has 2 atom stereocenters. The van der Waals surface area contributed by atoms with E-state index >= 15 is 0 Å². The fourth-order valence-electron chi connectivity index (χ4n) is 1.14. The van der Waals surface area contributed by atoms with E-state index in [1.807, 2.05) is 6.20 Å². The smallest absolute Gasteiger partial charge is 0.0623 e. The van der Waals surface area contributed by atoms with Crippen LogP contribution in [-0.2, 0) is 0 Å². The SMILES string of the molecule is CCC(C)C(C)n1cc(I)cn1. The summed E-state index contributed by atoms with van der Waals surface area (Å²) in [4.78, 5) is 0. The molecule has 3 heteroatoms. The van der Waals surface area contributed by atoms with Gasteiger partial charge < -0.3 is 0 Å². The van der Waals surface area contributed by atoms with Crippen molar-refractivity contribution in [1.82, 2.24) is 9.78 Å². The Hall–Kier alpha value is -0.0600. The molecule has 2 unspecified atom stereocenters. The van der Waals surface area contributed by atoms with Crippen LogP contribution in [0.2, 0.25) is 0 Å². The van der Waals surface area contributed by atoms with Crippen molar-refractivity contribution in [3.05, 3.63) is 16.0 Å². The molecule has 1 aromatic rings. The molecule has 1 heterocycles. The number of nitrogens with zero attached hydrogens (tertiary/aromatic N) is 2. The topological polar surface area (TPSA) is 17.8 Å². The Kier molecular flexibility index (Phi) is 3.55. The molecule has 0 spiro atoms. The van der Waals surface area contributed by atoms with Crippen molar-refractivity contribution in [2.24, 2.45) is 5.92 Å². The van der Waals surface area contributed by atoms with E-state index in [0.717, 1.165) is 0 Å². The zero-order valence-corrected chi connectivity index (χ0v) is 9.95. The summed E-state index contributed by atoms with van der Waals surface area (Å²) in [6, 6.07) is 0.513. The standard InChI is InChI=1S/C9H15IN2/c1-4-7(2)8(3)12-6-9(10)5-11-12/h5-8H,4H2,1-3H3. The first-order chi connectivity index (χ1) is 5.65. The molecule has 0 aliphatic carbocycles. The lowest BCUT2D eigenvalue weighted by molar-refractivity contribution is 0.343. The summed E-state index contributed by atoms with van der Waals surface area (Å²) < 4.78 is 3.26. The molecule has 0 aliphatic rings. The lowest BCUT2D eigenvalue weighted by Gasteiger charge is -2.18. The van der Waals surface area contributed by atoms with Gasteiger partial charge in [0.25, 0.3) is 0 Å². The van der Waals surface area contributed by atoms with Crippen molar-refractivity contribution in [2.45, 2.75) is 33.2 Å². The Balaban J connectivity index is 2.70. The van der Waals surface area contributed by atoms with Crippen LogP contribution in [-0.4, -0.2) is 9.78 Å². The number of aromatic nitrogens is 2. The van der Waals surface area contributed by atoms with E-state index in [9.17, 15) is 0 Å². The van der Waals surface area contributed by atoms with E-state index in [1.165, 1.54) is 9.99 Å². The van der Waals surface area contributed by atoms with E-state index in [2.05, 4.69) is 59.3 Å². The second-order valence-electron chi connectivity index (χ2n) is 3.26. The van der Waals surface area contributed by atoms with Crippen LogP contribution in [0.1, 0.15) is 33.2 Å². The van der Waals surface area contributed by atoms with Gasteiger partial charge in [-0.15, -0.1) is 0 Å². The Bertz CT molecular complexity index is 244. The van der Waals surface area contributed by atoms with E-state index in [0.29, 0.717) is 12.0 Å². The first-order valence-corrected chi connectivity index (χ1v) is 5.42. The summed E-state index contributed by atoms with van der Waals surface area (Å²) in [7, 11) is 0. The van der Waals surface area contributed by atoms with Gasteiger partial charge in [0.2, 0.25) is 0 Å². The molecule has 0 bridgehead atoms. The maximum atomic E-state index is 4.29. The monoisotopic (exact) mass is 278 g/mol. The Morgan fingerprint density at radius 2 is 2.25 bits per heavy atom. The molecule has 68 valence electrons. The van der Waals surface area contributed by atoms with E-state index in [-0.39, 0.29) is 0 Å². The van der Waals surface area contributed by atoms with Crippen LogP contribution in [0.25, 0.3) is 0 Å². The van der Waals surface area contributed by atoms with Crippen molar-refractivity contribution in [2.75, 3.05) is 0 Å². The second-order valence-corrected chi connectivity index (χ2v) is 4.51. The highest BCUT2D eigenvalue weighted by atomic mass is 127. The molecule has 12 heavy (non-hydrogen) atoms. The van der Waals surface area contributed by atoms with Crippen LogP contribution in [0.3, 0.4) is 0 Å². The third-order valence-electron chi connectivity index (χ3n) is 2.45. The summed E-state index contributed by atoms with van der Waals surface area (Å²) in [5.41, 5.74) is 0. The molecule has 0 saturated heterocycles. The number of halogens is 1. The first-order valence-electron chi connectivity index (χ1n) is 4.34. The third kappa shape index (κ3) is 2.21. The highest BCUT2D eigenvalue weighted by molar-refractivity contribution is 14.1. The second kappa shape index (κ2) is 4.25. The summed E-state index contributed by atoms with van der Waals surface area (Å²) in [6.07, 6.45) is 5.20. The van der Waals surface area contributed by atoms with E-state index < -0.39 is 0 Å². The molecule has 0 aromatic carbocycles. The van der Waals surface area contributed by atoms with Crippen LogP contribution < -0.4 is 0 Å². The minimum absolute atomic E-state index is 0.513. The summed E-state index contributed by atoms with van der Waals surface area (Å²) in [6.45, 7) is 6.70. The van der Waals surface area contributed by atoms with Gasteiger partial charge in [-0.05, 0) is 35.4 Å². The summed E-state index contributed by atoms with van der Waals surface area (Å²) >= 11 is 2.29. The molecular formula is C9H15IN2. The molecular weight excluding hydrogens is 263 g/mol. The molecule has 0 fully saturated rings. The zero-order chi connectivity index (χ0) is 9.14. The lowest BCUT2D eigenvalue weighted by Crippen LogP contribution is -2.13. The minimum atomic E-state index is 0.513. The molecule has 0 N–H and O–H groups in total. The van der Waals surface area contributed by atoms with Crippen LogP contribution >= 0.6 is 22.6 Å². The number of rotatable bonds is 3. The highest BCUT2D eigenvalue weighted by Gasteiger charge is 2.12. The normalized spacial score (nSPS) is 16.0. The van der Waals surface area contributed by atoms with Gasteiger partial charge in [0.05, 0.1) is 15.8 Å². The third-order valence-corrected chi connectivity index (χ3v) is 3.01. The fraction of sp³-hybridized carbons (Fsp3) is 0.667. The maximum Gasteiger partial charge on any atom is 0.0623 e. The lowest BCUT2D eigenvalue weighted by atomic mass is 10.0. The molecule has 1 rings (SSSR count). The largest absolute Gasteiger partial charge is 0.269 e. The van der Waals surface area contributed by atoms with Crippen molar-refractivity contribution < 1.29 is 0 Å². The van der Waals surface area contributed by atoms with Crippen LogP contribution in [0.15, 0.2) is 12.4 Å². The first kappa shape index (κ1) is 10.0. The Morgan fingerprint density at radius 3 is 2.67 bits per heavy atom. The van der Waals surface area contributed by atoms with Crippen molar-refractivity contribution in [1.29, 1.82) is 0 Å². The zero-order valence-electron chi connectivity index (χ0n) is 7.79. The van der Waals surface area contributed by atoms with Gasteiger partial charge in [0.1, 0.15) is 0 Å². The molecule has 0 amide bonds. The van der Waals surface area contributed by atoms with Gasteiger partial charge in [0, 0.05) is 6.20 Å². The quantitative estimate of drug-likeness (QED) is 0.777. The minimum Gasteiger partial charge on any atom is -0.269 e. The van der Waals surface area contributed by atoms with Gasteiger partial charge in [-0.25, -0.2) is 0 Å². The molecule has 1 aromatic heterocycles. The van der Waals surface area contributed by atoms with Crippen molar-refractivity contribution >= 4 is 22.6 Å². The molecule has 2 nitrogen and oxygen atoms in total. The van der Waals surface area contributed by atoms with E-state index in [1.54, 1.807) is 0 Å². The molecule has 0 radical (unpaired) electrons. The van der Waals surface area contributed by atoms with Crippen LogP contribution in [0.5, 0.6) is 0 Å². The molecule has 0 saturated carbocycles. The van der Waals surface area contributed by atoms with E-state index in [4.69, 9.17) is 0 Å². The Labute approximate surface area is 87.5 Å². The maximum absolute atomic E-state index is 4.29. The average molecular weight is 278 g/mol. The number of hydrogen-bond donors (Lipinski definition) is 0. The van der Waals surface area contributed by atoms with Crippen molar-refractivity contribution in [3.8, 4) is 0 Å². The van der Waals surface area contributed by atoms with Gasteiger partial charge in [-0.1, -0.05) is 20.3 Å². The average Bonchev–Trinajstić information content (AvgIpc) is 2.49. The van der Waals surface area contributed by atoms with Crippen LogP contribution in [0, 0.1) is 9.49 Å². The van der Waals surface area contributed by atoms with Gasteiger partial charge in [0.15, 0.2) is 0 Å². The summed E-state index contributed by atoms with van der Waals surface area (Å²) in [5, 5.41) is 4.29.